The largest absolute Gasteiger partial charge is 0.453 e. The third kappa shape index (κ3) is 2.29. The number of carbonyl (C=O) groups is 1. The van der Waals surface area contributed by atoms with E-state index in [-0.39, 0.29) is 16.7 Å². The molecule has 0 atom stereocenters. The normalized spacial score (nSPS) is 11.0. The second kappa shape index (κ2) is 4.73. The summed E-state index contributed by atoms with van der Waals surface area (Å²) >= 11 is 0. The van der Waals surface area contributed by atoms with Crippen LogP contribution in [0.3, 0.4) is 0 Å². The van der Waals surface area contributed by atoms with Crippen LogP contribution in [0.15, 0.2) is 40.8 Å². The molecule has 2 aromatic carbocycles. The van der Waals surface area contributed by atoms with Gasteiger partial charge in [0.2, 0.25) is 5.78 Å². The van der Waals surface area contributed by atoms with E-state index in [1.54, 1.807) is 0 Å². The lowest BCUT2D eigenvalue weighted by atomic mass is 10.1. The molecule has 21 heavy (non-hydrogen) atoms. The zero-order chi connectivity index (χ0) is 15.1. The molecular formula is C15H6F4O2. The molecule has 0 unspecified atom stereocenters. The number of furan rings is 1. The maximum Gasteiger partial charge on any atom is 0.234 e. The zero-order valence-corrected chi connectivity index (χ0v) is 10.3. The summed E-state index contributed by atoms with van der Waals surface area (Å²) in [5.74, 6) is -5.77. The van der Waals surface area contributed by atoms with Crippen molar-refractivity contribution in [1.29, 1.82) is 0 Å². The standard InChI is InChI=1S/C15H6F4O2/c16-8-1-2-12-7(3-8)4-13(21-12)15(20)14-10(18)5-9(17)6-11(14)19/h1-6H. The Morgan fingerprint density at radius 2 is 1.52 bits per heavy atom. The molecule has 1 heterocycles. The molecule has 0 aliphatic rings. The van der Waals surface area contributed by atoms with Crippen LogP contribution in [0.1, 0.15) is 16.1 Å². The van der Waals surface area contributed by atoms with Gasteiger partial charge in [-0.1, -0.05) is 0 Å². The highest BCUT2D eigenvalue weighted by Crippen LogP contribution is 2.24. The summed E-state index contributed by atoms with van der Waals surface area (Å²) in [5.41, 5.74) is -0.724. The van der Waals surface area contributed by atoms with E-state index in [2.05, 4.69) is 0 Å². The molecule has 0 aliphatic heterocycles. The van der Waals surface area contributed by atoms with Crippen LogP contribution in [0, 0.1) is 23.3 Å². The minimum atomic E-state index is -1.33. The number of carbonyl (C=O) groups excluding carboxylic acids is 1. The number of hydrogen-bond donors (Lipinski definition) is 0. The van der Waals surface area contributed by atoms with E-state index in [1.807, 2.05) is 0 Å². The topological polar surface area (TPSA) is 30.2 Å². The van der Waals surface area contributed by atoms with E-state index in [4.69, 9.17) is 4.42 Å². The highest BCUT2D eigenvalue weighted by molar-refractivity contribution is 6.09. The monoisotopic (exact) mass is 294 g/mol. The van der Waals surface area contributed by atoms with Crippen LogP contribution in [0.5, 0.6) is 0 Å². The first kappa shape index (κ1) is 13.4. The van der Waals surface area contributed by atoms with E-state index >= 15 is 0 Å². The third-order valence-electron chi connectivity index (χ3n) is 2.94. The molecule has 0 N–H and O–H groups in total. The lowest BCUT2D eigenvalue weighted by Gasteiger charge is -2.02. The van der Waals surface area contributed by atoms with E-state index in [9.17, 15) is 22.4 Å². The van der Waals surface area contributed by atoms with Gasteiger partial charge in [-0.25, -0.2) is 17.6 Å². The van der Waals surface area contributed by atoms with Crippen LogP contribution < -0.4 is 0 Å². The number of rotatable bonds is 2. The number of fused-ring (bicyclic) bond motifs is 1. The van der Waals surface area contributed by atoms with Gasteiger partial charge in [0.15, 0.2) is 5.76 Å². The van der Waals surface area contributed by atoms with Crippen LogP contribution in [0.2, 0.25) is 0 Å². The Kier molecular flexibility index (Phi) is 3.01. The van der Waals surface area contributed by atoms with Crippen LogP contribution in [-0.2, 0) is 0 Å². The van der Waals surface area contributed by atoms with Crippen molar-refractivity contribution >= 4 is 16.8 Å². The van der Waals surface area contributed by atoms with Crippen LogP contribution in [-0.4, -0.2) is 5.78 Å². The first-order valence-electron chi connectivity index (χ1n) is 5.84. The van der Waals surface area contributed by atoms with Crippen molar-refractivity contribution in [3.05, 3.63) is 71.0 Å². The average molecular weight is 294 g/mol. The van der Waals surface area contributed by atoms with E-state index in [0.717, 1.165) is 12.1 Å². The molecule has 3 rings (SSSR count). The summed E-state index contributed by atoms with van der Waals surface area (Å²) < 4.78 is 58.1. The number of ketones is 1. The first-order valence-corrected chi connectivity index (χ1v) is 5.84. The van der Waals surface area contributed by atoms with Gasteiger partial charge in [-0.2, -0.15) is 0 Å². The molecule has 0 bridgehead atoms. The van der Waals surface area contributed by atoms with Gasteiger partial charge in [0.05, 0.1) is 5.56 Å². The molecular weight excluding hydrogens is 288 g/mol. The first-order chi connectivity index (χ1) is 9.95. The van der Waals surface area contributed by atoms with Crippen LogP contribution in [0.25, 0.3) is 11.0 Å². The summed E-state index contributed by atoms with van der Waals surface area (Å²) in [6, 6.07) is 5.51. The summed E-state index contributed by atoms with van der Waals surface area (Å²) in [5, 5.41) is 0.279. The number of hydrogen-bond acceptors (Lipinski definition) is 2. The minimum absolute atomic E-state index is 0.197. The minimum Gasteiger partial charge on any atom is -0.453 e. The average Bonchev–Trinajstić information content (AvgIpc) is 2.80. The maximum absolute atomic E-state index is 13.6. The Bertz CT molecular complexity index is 844. The fraction of sp³-hybridized carbons (Fsp3) is 0. The van der Waals surface area contributed by atoms with Crippen molar-refractivity contribution in [2.45, 2.75) is 0 Å². The summed E-state index contributed by atoms with van der Waals surface area (Å²) in [6.45, 7) is 0. The molecule has 1 aromatic heterocycles. The second-order valence-electron chi connectivity index (χ2n) is 4.37. The zero-order valence-electron chi connectivity index (χ0n) is 10.3. The molecule has 0 amide bonds. The SMILES string of the molecule is O=C(c1cc2cc(F)ccc2o1)c1c(F)cc(F)cc1F. The Labute approximate surface area is 115 Å². The van der Waals surface area contributed by atoms with Crippen molar-refractivity contribution < 1.29 is 26.8 Å². The van der Waals surface area contributed by atoms with Gasteiger partial charge >= 0.3 is 0 Å². The van der Waals surface area contributed by atoms with Crippen molar-refractivity contribution in [2.75, 3.05) is 0 Å². The van der Waals surface area contributed by atoms with Crippen LogP contribution >= 0.6 is 0 Å². The predicted molar refractivity (Wildman–Crippen MR) is 65.9 cm³/mol. The maximum atomic E-state index is 13.6. The summed E-state index contributed by atoms with van der Waals surface area (Å²) in [6.07, 6.45) is 0. The van der Waals surface area contributed by atoms with E-state index in [0.29, 0.717) is 12.1 Å². The van der Waals surface area contributed by atoms with Gasteiger partial charge in [-0.05, 0) is 24.3 Å². The number of halogens is 4. The van der Waals surface area contributed by atoms with E-state index < -0.39 is 34.6 Å². The molecule has 0 saturated carbocycles. The third-order valence-corrected chi connectivity index (χ3v) is 2.94. The summed E-state index contributed by atoms with van der Waals surface area (Å²) in [4.78, 5) is 12.1. The Morgan fingerprint density at radius 1 is 0.857 bits per heavy atom. The molecule has 0 radical (unpaired) electrons. The van der Waals surface area contributed by atoms with Crippen molar-refractivity contribution in [1.82, 2.24) is 0 Å². The fourth-order valence-electron chi connectivity index (χ4n) is 2.01. The van der Waals surface area contributed by atoms with Crippen molar-refractivity contribution in [2.24, 2.45) is 0 Å². The van der Waals surface area contributed by atoms with Gasteiger partial charge < -0.3 is 4.42 Å². The molecule has 6 heteroatoms. The Balaban J connectivity index is 2.12. The fourth-order valence-corrected chi connectivity index (χ4v) is 2.01. The van der Waals surface area contributed by atoms with Gasteiger partial charge in [-0.15, -0.1) is 0 Å². The quantitative estimate of drug-likeness (QED) is 0.523. The second-order valence-corrected chi connectivity index (χ2v) is 4.37. The molecule has 2 nitrogen and oxygen atoms in total. The van der Waals surface area contributed by atoms with Crippen molar-refractivity contribution in [3.63, 3.8) is 0 Å². The highest BCUT2D eigenvalue weighted by Gasteiger charge is 2.23. The Hall–Kier alpha value is -2.63. The molecule has 0 fully saturated rings. The molecule has 3 aromatic rings. The van der Waals surface area contributed by atoms with Crippen molar-refractivity contribution in [3.8, 4) is 0 Å². The van der Waals surface area contributed by atoms with Gasteiger partial charge in [0, 0.05) is 17.5 Å². The summed E-state index contributed by atoms with van der Waals surface area (Å²) in [7, 11) is 0. The van der Waals surface area contributed by atoms with Gasteiger partial charge in [0.25, 0.3) is 0 Å². The smallest absolute Gasteiger partial charge is 0.234 e. The number of benzene rings is 2. The van der Waals surface area contributed by atoms with Gasteiger partial charge in [-0.3, -0.25) is 4.79 Å². The van der Waals surface area contributed by atoms with Gasteiger partial charge in [0.1, 0.15) is 28.9 Å². The highest BCUT2D eigenvalue weighted by atomic mass is 19.1. The lowest BCUT2D eigenvalue weighted by Crippen LogP contribution is -2.07. The lowest BCUT2D eigenvalue weighted by molar-refractivity contribution is 0.100. The molecule has 0 saturated heterocycles. The van der Waals surface area contributed by atoms with E-state index in [1.165, 1.54) is 12.1 Å². The Morgan fingerprint density at radius 3 is 2.19 bits per heavy atom. The molecule has 106 valence electrons. The molecule has 0 spiro atoms. The molecule has 0 aliphatic carbocycles. The van der Waals surface area contributed by atoms with Crippen LogP contribution in [0.4, 0.5) is 17.6 Å². The predicted octanol–water partition coefficient (Wildman–Crippen LogP) is 4.22.